The average Bonchev–Trinajstić information content (AvgIpc) is 2.39. The van der Waals surface area contributed by atoms with Gasteiger partial charge in [-0.25, -0.2) is 4.39 Å². The normalized spacial score (nSPS) is 29.1. The van der Waals surface area contributed by atoms with Crippen molar-refractivity contribution >= 4 is 11.4 Å². The number of hydrogen-bond donors (Lipinski definition) is 1. The molecule has 21 heavy (non-hydrogen) atoms. The zero-order valence-corrected chi connectivity index (χ0v) is 12.1. The van der Waals surface area contributed by atoms with Gasteiger partial charge in [0.15, 0.2) is 0 Å². The van der Waals surface area contributed by atoms with Gasteiger partial charge in [0.1, 0.15) is 11.5 Å². The topological polar surface area (TPSA) is 58.4 Å². The first-order valence-electron chi connectivity index (χ1n) is 7.47. The fourth-order valence-electron chi connectivity index (χ4n) is 3.74. The van der Waals surface area contributed by atoms with Gasteiger partial charge >= 0.3 is 0 Å². The third-order valence-corrected chi connectivity index (χ3v) is 4.85. The lowest BCUT2D eigenvalue weighted by atomic mass is 9.82. The minimum Gasteiger partial charge on any atom is -0.377 e. The summed E-state index contributed by atoms with van der Waals surface area (Å²) >= 11 is 0. The second-order valence-electron chi connectivity index (χ2n) is 6.14. The minimum atomic E-state index is -0.461. The van der Waals surface area contributed by atoms with Crippen LogP contribution in [0.4, 0.5) is 15.8 Å². The maximum Gasteiger partial charge on any atom is 0.292 e. The second kappa shape index (κ2) is 5.60. The number of anilines is 1. The second-order valence-corrected chi connectivity index (χ2v) is 6.14. The lowest BCUT2D eigenvalue weighted by Gasteiger charge is -2.47. The Hall–Kier alpha value is -1.69. The highest BCUT2D eigenvalue weighted by Gasteiger charge is 2.36. The minimum absolute atomic E-state index is 0.0551. The summed E-state index contributed by atoms with van der Waals surface area (Å²) in [5.74, 6) is -0.448. The molecule has 0 radical (unpaired) electrons. The van der Waals surface area contributed by atoms with Crippen molar-refractivity contribution in [1.29, 1.82) is 0 Å². The molecule has 2 aliphatic rings. The molecule has 1 N–H and O–H groups in total. The molecule has 3 rings (SSSR count). The van der Waals surface area contributed by atoms with Crippen LogP contribution in [0.1, 0.15) is 32.1 Å². The molecule has 1 aromatic carbocycles. The van der Waals surface area contributed by atoms with E-state index in [2.05, 4.69) is 17.3 Å². The first-order chi connectivity index (χ1) is 10.0. The van der Waals surface area contributed by atoms with Crippen LogP contribution in [-0.2, 0) is 0 Å². The number of hydrogen-bond acceptors (Lipinski definition) is 4. The predicted octanol–water partition coefficient (Wildman–Crippen LogP) is 3.16. The van der Waals surface area contributed by atoms with Crippen molar-refractivity contribution in [3.8, 4) is 0 Å². The van der Waals surface area contributed by atoms with Gasteiger partial charge in [0, 0.05) is 30.3 Å². The van der Waals surface area contributed by atoms with Crippen molar-refractivity contribution in [2.75, 3.05) is 12.4 Å². The Balaban J connectivity index is 1.78. The van der Waals surface area contributed by atoms with E-state index in [4.69, 9.17) is 0 Å². The van der Waals surface area contributed by atoms with E-state index < -0.39 is 10.7 Å². The molecule has 2 saturated heterocycles. The number of nitro groups is 1. The molecule has 0 saturated carbocycles. The zero-order chi connectivity index (χ0) is 15.0. The van der Waals surface area contributed by atoms with Crippen LogP contribution >= 0.6 is 0 Å². The summed E-state index contributed by atoms with van der Waals surface area (Å²) in [6.45, 7) is 0. The summed E-state index contributed by atoms with van der Waals surface area (Å²) in [5, 5.41) is 14.3. The SMILES string of the molecule is CN1C2CCCC1CC(Nc1cc(F)ccc1[N+](=O)[O-])C2. The van der Waals surface area contributed by atoms with Gasteiger partial charge in [-0.2, -0.15) is 0 Å². The van der Waals surface area contributed by atoms with Crippen molar-refractivity contribution in [3.63, 3.8) is 0 Å². The Morgan fingerprint density at radius 1 is 1.33 bits per heavy atom. The van der Waals surface area contributed by atoms with E-state index in [-0.39, 0.29) is 11.7 Å². The Bertz CT molecular complexity index is 538. The highest BCUT2D eigenvalue weighted by molar-refractivity contribution is 5.62. The van der Waals surface area contributed by atoms with Crippen LogP contribution in [0.3, 0.4) is 0 Å². The van der Waals surface area contributed by atoms with Crippen LogP contribution in [-0.4, -0.2) is 35.0 Å². The lowest BCUT2D eigenvalue weighted by Crippen LogP contribution is -2.52. The molecule has 0 aliphatic carbocycles. The van der Waals surface area contributed by atoms with Crippen LogP contribution in [0.2, 0.25) is 0 Å². The van der Waals surface area contributed by atoms with Crippen molar-refractivity contribution in [1.82, 2.24) is 4.90 Å². The maximum atomic E-state index is 13.4. The smallest absolute Gasteiger partial charge is 0.292 e. The van der Waals surface area contributed by atoms with E-state index in [1.807, 2.05) is 0 Å². The number of benzene rings is 1. The molecule has 0 aromatic heterocycles. The van der Waals surface area contributed by atoms with E-state index in [1.165, 1.54) is 31.4 Å². The number of nitro benzene ring substituents is 1. The number of piperidine rings is 2. The number of fused-ring (bicyclic) bond motifs is 2. The summed E-state index contributed by atoms with van der Waals surface area (Å²) in [6.07, 6.45) is 5.53. The highest BCUT2D eigenvalue weighted by atomic mass is 19.1. The fraction of sp³-hybridized carbons (Fsp3) is 0.600. The van der Waals surface area contributed by atoms with Crippen LogP contribution in [0.25, 0.3) is 0 Å². The number of rotatable bonds is 3. The summed E-state index contributed by atoms with van der Waals surface area (Å²) in [5.41, 5.74) is 0.244. The monoisotopic (exact) mass is 293 g/mol. The van der Waals surface area contributed by atoms with Crippen LogP contribution in [0.15, 0.2) is 18.2 Å². The summed E-state index contributed by atoms with van der Waals surface area (Å²) in [4.78, 5) is 13.0. The van der Waals surface area contributed by atoms with E-state index in [1.54, 1.807) is 0 Å². The first kappa shape index (κ1) is 14.3. The molecular weight excluding hydrogens is 273 g/mol. The molecule has 2 bridgehead atoms. The van der Waals surface area contributed by atoms with Crippen LogP contribution < -0.4 is 5.32 Å². The molecule has 0 spiro atoms. The number of nitrogens with one attached hydrogen (secondary N) is 1. The van der Waals surface area contributed by atoms with E-state index in [9.17, 15) is 14.5 Å². The quantitative estimate of drug-likeness (QED) is 0.687. The lowest BCUT2D eigenvalue weighted by molar-refractivity contribution is -0.384. The summed E-state index contributed by atoms with van der Waals surface area (Å²) in [7, 11) is 2.16. The fourth-order valence-corrected chi connectivity index (χ4v) is 3.74. The Kier molecular flexibility index (Phi) is 3.80. The molecule has 5 nitrogen and oxygen atoms in total. The molecule has 114 valence electrons. The Morgan fingerprint density at radius 3 is 2.62 bits per heavy atom. The van der Waals surface area contributed by atoms with Gasteiger partial charge in [0.05, 0.1) is 4.92 Å². The average molecular weight is 293 g/mol. The van der Waals surface area contributed by atoms with E-state index in [0.717, 1.165) is 18.9 Å². The summed E-state index contributed by atoms with van der Waals surface area (Å²) < 4.78 is 13.4. The van der Waals surface area contributed by atoms with Crippen LogP contribution in [0, 0.1) is 15.9 Å². The molecule has 1 aromatic rings. The largest absolute Gasteiger partial charge is 0.377 e. The van der Waals surface area contributed by atoms with Gasteiger partial charge in [-0.3, -0.25) is 10.1 Å². The third-order valence-electron chi connectivity index (χ3n) is 4.85. The van der Waals surface area contributed by atoms with Crippen molar-refractivity contribution in [2.45, 2.75) is 50.2 Å². The van der Waals surface area contributed by atoms with E-state index in [0.29, 0.717) is 17.8 Å². The first-order valence-corrected chi connectivity index (χ1v) is 7.47. The Morgan fingerprint density at radius 2 is 2.00 bits per heavy atom. The predicted molar refractivity (Wildman–Crippen MR) is 78.9 cm³/mol. The van der Waals surface area contributed by atoms with Gasteiger partial charge in [0.25, 0.3) is 5.69 Å². The standard InChI is InChI=1S/C15H20FN3O2/c1-18-12-3-2-4-13(18)9-11(8-12)17-14-7-10(16)5-6-15(14)19(20)21/h5-7,11-13,17H,2-4,8-9H2,1H3. The highest BCUT2D eigenvalue weighted by Crippen LogP contribution is 2.35. The number of halogens is 1. The van der Waals surface area contributed by atoms with Gasteiger partial charge in [-0.1, -0.05) is 6.42 Å². The van der Waals surface area contributed by atoms with Crippen molar-refractivity contribution in [2.24, 2.45) is 0 Å². The third kappa shape index (κ3) is 2.85. The summed E-state index contributed by atoms with van der Waals surface area (Å²) in [6, 6.07) is 4.83. The maximum absolute atomic E-state index is 13.4. The molecule has 2 fully saturated rings. The van der Waals surface area contributed by atoms with E-state index >= 15 is 0 Å². The van der Waals surface area contributed by atoms with Crippen molar-refractivity contribution < 1.29 is 9.31 Å². The molecule has 0 amide bonds. The molecule has 2 heterocycles. The van der Waals surface area contributed by atoms with Crippen molar-refractivity contribution in [3.05, 3.63) is 34.1 Å². The van der Waals surface area contributed by atoms with Gasteiger partial charge < -0.3 is 10.2 Å². The molecule has 2 unspecified atom stereocenters. The van der Waals surface area contributed by atoms with Crippen LogP contribution in [0.5, 0.6) is 0 Å². The van der Waals surface area contributed by atoms with Gasteiger partial charge in [-0.15, -0.1) is 0 Å². The Labute approximate surface area is 123 Å². The molecule has 2 aliphatic heterocycles. The number of nitrogens with zero attached hydrogens (tertiary/aromatic N) is 2. The molecule has 6 heteroatoms. The zero-order valence-electron chi connectivity index (χ0n) is 12.1. The molecular formula is C15H20FN3O2. The van der Waals surface area contributed by atoms with Gasteiger partial charge in [-0.05, 0) is 38.8 Å². The van der Waals surface area contributed by atoms with Gasteiger partial charge in [0.2, 0.25) is 0 Å². The molecule has 2 atom stereocenters.